The second-order valence-corrected chi connectivity index (χ2v) is 30.8. The molecule has 4 aromatic carbocycles. The summed E-state index contributed by atoms with van der Waals surface area (Å²) in [5.41, 5.74) is 24.8. The number of primary amides is 2. The van der Waals surface area contributed by atoms with Crippen LogP contribution in [0.5, 0.6) is 0 Å². The normalized spacial score (nSPS) is 14.9. The number of aldehydes is 4. The Kier molecular flexibility index (Phi) is 80.4. The number of hydrogen-bond donors (Lipinski definition) is 7. The minimum atomic E-state index is -0.333. The van der Waals surface area contributed by atoms with E-state index in [1.54, 1.807) is 42.5 Å². The average molecular weight is 1800 g/mol. The Hall–Kier alpha value is -6.56. The first-order valence-corrected chi connectivity index (χ1v) is 42.8. The van der Waals surface area contributed by atoms with Crippen LogP contribution in [0.2, 0.25) is 0 Å². The van der Waals surface area contributed by atoms with Crippen LogP contribution in [-0.4, -0.2) is 166 Å². The van der Waals surface area contributed by atoms with Gasteiger partial charge in [-0.15, -0.1) is 11.8 Å². The van der Waals surface area contributed by atoms with Crippen LogP contribution >= 0.6 is 24.4 Å². The van der Waals surface area contributed by atoms with E-state index in [9.17, 15) is 71.9 Å². The molecule has 4 heterocycles. The third-order valence-electron chi connectivity index (χ3n) is 18.1. The van der Waals surface area contributed by atoms with Crippen molar-refractivity contribution in [1.82, 2.24) is 29.9 Å². The second kappa shape index (κ2) is 77.8. The van der Waals surface area contributed by atoms with Crippen molar-refractivity contribution >= 4 is 125 Å². The fourth-order valence-corrected chi connectivity index (χ4v) is 13.4. The molecule has 0 radical (unpaired) electrons. The number of Topliss-reactive ketones (excluding diaryl/α,β-unsaturated/α-hetero) is 2. The van der Waals surface area contributed by atoms with Crippen LogP contribution in [0.4, 0.5) is 0 Å². The molecule has 1 aromatic heterocycles. The van der Waals surface area contributed by atoms with Gasteiger partial charge in [0.25, 0.3) is 29.5 Å². The largest absolute Gasteiger partial charge is 1.00 e. The Labute approximate surface area is 832 Å². The van der Waals surface area contributed by atoms with Gasteiger partial charge < -0.3 is 55.5 Å². The Morgan fingerprint density at radius 1 is 0.496 bits per heavy atom. The zero-order valence-electron chi connectivity index (χ0n) is 75.9. The van der Waals surface area contributed by atoms with E-state index < -0.39 is 0 Å². The van der Waals surface area contributed by atoms with E-state index in [1.165, 1.54) is 143 Å². The van der Waals surface area contributed by atoms with Crippen molar-refractivity contribution in [3.8, 4) is 0 Å². The van der Waals surface area contributed by atoms with Gasteiger partial charge >= 0.3 is 103 Å². The minimum Gasteiger partial charge on any atom is -1.00 e. The van der Waals surface area contributed by atoms with Crippen molar-refractivity contribution in [2.45, 2.75) is 245 Å². The number of nitrogens with one attached hydrogen (secondary N) is 2. The number of carbonyl (C=O) groups is 15. The fourth-order valence-electron chi connectivity index (χ4n) is 12.4. The quantitative estimate of drug-likeness (QED) is 0.00585. The number of benzene rings is 4. The summed E-state index contributed by atoms with van der Waals surface area (Å²) in [7, 11) is 0. The molecule has 25 nitrogen and oxygen atoms in total. The number of rotatable bonds is 29. The number of nitrogens with zero attached hydrogens (tertiary/aromatic N) is 4. The number of carbonyl (C=O) groups excluding carboxylic acids is 15. The summed E-state index contributed by atoms with van der Waals surface area (Å²) in [4.78, 5) is 168. The molecular formula is C94H148K2N10O15S2. The number of thiol groups is 1. The van der Waals surface area contributed by atoms with E-state index in [4.69, 9.17) is 11.5 Å². The molecule has 5 aliphatic rings. The van der Waals surface area contributed by atoms with Gasteiger partial charge in [-0.3, -0.25) is 72.1 Å². The van der Waals surface area contributed by atoms with Gasteiger partial charge in [-0.25, -0.2) is 0 Å². The summed E-state index contributed by atoms with van der Waals surface area (Å²) in [5, 5.41) is 10.2. The summed E-state index contributed by atoms with van der Waals surface area (Å²) >= 11 is 5.75. The predicted octanol–water partition coefficient (Wildman–Crippen LogP) is 9.53. The van der Waals surface area contributed by atoms with Gasteiger partial charge in [-0.1, -0.05) is 169 Å². The maximum Gasteiger partial charge on any atom is 1.00 e. The van der Waals surface area contributed by atoms with Gasteiger partial charge in [0.2, 0.25) is 23.6 Å². The molecule has 29 heteroatoms. The van der Waals surface area contributed by atoms with E-state index in [0.717, 1.165) is 124 Å². The molecule has 2 aliphatic carbocycles. The summed E-state index contributed by atoms with van der Waals surface area (Å²) < 4.78 is 2.44. The third kappa shape index (κ3) is 55.6. The molecule has 10 N–H and O–H groups in total. The Bertz CT molecular complexity index is 3890. The van der Waals surface area contributed by atoms with Gasteiger partial charge in [0.1, 0.15) is 11.6 Å². The number of aryl methyl sites for hydroxylation is 1. The van der Waals surface area contributed by atoms with Crippen LogP contribution in [0.25, 0.3) is 10.8 Å². The molecule has 2 saturated carbocycles. The average Bonchev–Trinajstić information content (AvgIpc) is 1.66. The monoisotopic (exact) mass is 1800 g/mol. The van der Waals surface area contributed by atoms with E-state index in [1.807, 2.05) is 35.7 Å². The topological polar surface area (TPSA) is 399 Å². The van der Waals surface area contributed by atoms with Gasteiger partial charge in [0, 0.05) is 141 Å². The molecule has 0 bridgehead atoms. The van der Waals surface area contributed by atoms with Crippen molar-refractivity contribution in [3.63, 3.8) is 0 Å². The molecule has 0 atom stereocenters. The number of nitrogens with two attached hydrogens (primary N) is 4. The molecule has 0 spiro atoms. The van der Waals surface area contributed by atoms with Crippen LogP contribution < -0.4 is 136 Å². The maximum absolute atomic E-state index is 12.6. The molecule has 2 fully saturated rings. The summed E-state index contributed by atoms with van der Waals surface area (Å²) in [6.07, 6.45) is 28.9. The van der Waals surface area contributed by atoms with Gasteiger partial charge in [0.15, 0.2) is 25.1 Å². The van der Waals surface area contributed by atoms with Crippen LogP contribution in [0.15, 0.2) is 120 Å². The van der Waals surface area contributed by atoms with Crippen molar-refractivity contribution < 1.29 is 178 Å². The Morgan fingerprint density at radius 2 is 0.870 bits per heavy atom. The van der Waals surface area contributed by atoms with Crippen molar-refractivity contribution in [1.29, 1.82) is 0 Å². The first kappa shape index (κ1) is 127. The fraction of sp³-hybridized carbons (Fsp3) is 0.521. The van der Waals surface area contributed by atoms with E-state index in [2.05, 4.69) is 110 Å². The SMILES string of the molecule is C.C.C.CC(C)=O.CC(C)=O.CC(N)=O.CC(N)=O.CCCCCN.CCCCCn1cc2ccccc2c1SCC.CCCCN.CCCN1Cc2cc(CCNC(=O)C3CCC(CN4C(=O)C=CC4=O)CC3)ccc2C1=O.CCS.O=Cc1ccc(CCNC(=O)C2CCC(CN3C(=O)C=CC3=O)CC2)cc1C=O.O=Cc1ccccc1C=O.[H-].[H-].[K+].[K+]. The number of hydrogen-bond acceptors (Lipinski definition) is 19. The molecule has 0 saturated heterocycles. The van der Waals surface area contributed by atoms with Gasteiger partial charge in [-0.2, -0.15) is 12.6 Å². The van der Waals surface area contributed by atoms with Crippen molar-refractivity contribution in [2.24, 2.45) is 46.6 Å². The van der Waals surface area contributed by atoms with E-state index >= 15 is 0 Å². The number of imide groups is 2. The van der Waals surface area contributed by atoms with Crippen LogP contribution in [0.3, 0.4) is 0 Å². The number of fused-ring (bicyclic) bond motifs is 2. The Balaban J connectivity index is -0.000000223. The number of unbranched alkanes of at least 4 members (excludes halogenated alkanes) is 5. The maximum atomic E-state index is 12.6. The summed E-state index contributed by atoms with van der Waals surface area (Å²) in [6, 6.07) is 26.4. The van der Waals surface area contributed by atoms with Gasteiger partial charge in [0.05, 0.1) is 5.03 Å². The summed E-state index contributed by atoms with van der Waals surface area (Å²) in [6.45, 7) is 27.8. The minimum absolute atomic E-state index is 0. The van der Waals surface area contributed by atoms with Crippen LogP contribution in [0, 0.1) is 23.7 Å². The van der Waals surface area contributed by atoms with E-state index in [-0.39, 0.29) is 216 Å². The molecule has 0 unspecified atom stereocenters. The second-order valence-electron chi connectivity index (χ2n) is 28.9. The predicted molar refractivity (Wildman–Crippen MR) is 497 cm³/mol. The first-order chi connectivity index (χ1) is 56.4. The van der Waals surface area contributed by atoms with Gasteiger partial charge in [-0.05, 0) is 183 Å². The van der Waals surface area contributed by atoms with Crippen LogP contribution in [-0.2, 0) is 73.9 Å². The molecular weight excluding hydrogens is 1650 g/mol. The number of amides is 9. The number of ketones is 2. The molecule has 10 rings (SSSR count). The third-order valence-corrected chi connectivity index (χ3v) is 19.2. The zero-order chi connectivity index (χ0) is 88.9. The molecule has 5 aromatic rings. The first-order valence-electron chi connectivity index (χ1n) is 41.1. The standard InChI is InChI=1S/C25H31N3O4.C22H24N2O5.C15H21NS.C8H6O2.C5H13N.C4H11N.2C3H6O.2C2H5NO.C2H6S.3CH4.2K.2H/c1-2-13-27-16-20-14-17(5-8-21(20)25(27)32)11-12-26-24(31)19-6-3-18(4-7-19)15-28-22(29)9-10-23(28)30;25-13-18-6-1-15(11-19(18)14-26)9-10-23-22(29)17-4-2-16(3-5-17)12-24-20(27)7-8-21(24)28;1-3-5-8-11-16-12-13-9-6-7-10-14(13)15(16)17-4-2;9-5-7-3-1-2-4-8(7)6-10;1-2-3-4-5-6;1-2-3-4-5;2*1-3(2)4;2*1-2(3)4;1-2-3;;;;;;;/h5,8-10,14,18-19H,2-4,6-7,11-13,15-16H2,1H3,(H,26,31);1,6-8,11,13-14,16-17H,2-5,9-10,12H2,(H,23,29);6-7,9-10,12H,3-5,8,11H2,1-2H3;1-6H;2-6H2,1H3;2-5H2,1H3;2*1-2H3;2*1H3,(H2,3,4);3H,2H2,1H3;3*1H4;;;;/q;;;;;;;;;;;;;;2*+1;2*-1. The number of aromatic nitrogens is 1. The van der Waals surface area contributed by atoms with E-state index in [0.29, 0.717) is 86.5 Å². The van der Waals surface area contributed by atoms with Crippen molar-refractivity contribution in [3.05, 3.63) is 160 Å². The number of thioether (sulfide) groups is 1. The van der Waals surface area contributed by atoms with Crippen molar-refractivity contribution in [2.75, 3.05) is 57.3 Å². The van der Waals surface area contributed by atoms with Crippen LogP contribution in [0.1, 0.15) is 286 Å². The molecule has 9 amide bonds. The zero-order valence-corrected chi connectivity index (χ0v) is 81.8. The smallest absolute Gasteiger partial charge is 1.00 e. The Morgan fingerprint density at radius 3 is 1.24 bits per heavy atom. The molecule has 123 heavy (non-hydrogen) atoms. The molecule has 3 aliphatic heterocycles. The molecule has 678 valence electrons. The summed E-state index contributed by atoms with van der Waals surface area (Å²) in [5.74, 6) is 1.44.